The molecule has 0 saturated carbocycles. The number of nitrogens with zero attached hydrogens (tertiary/aromatic N) is 9. The van der Waals surface area contributed by atoms with Crippen LogP contribution >= 0.6 is 0 Å². The predicted octanol–water partition coefficient (Wildman–Crippen LogP) is 9.68. The molecule has 9 aromatic rings. The first-order valence-electron chi connectivity index (χ1n) is 17.6. The van der Waals surface area contributed by atoms with Gasteiger partial charge >= 0.3 is 0 Å². The highest BCUT2D eigenvalue weighted by molar-refractivity contribution is 5.98. The van der Waals surface area contributed by atoms with E-state index >= 15 is 0 Å². The topological polar surface area (TPSA) is 116 Å². The molecule has 256 valence electrons. The second-order valence-corrected chi connectivity index (χ2v) is 12.8. The number of fused-ring (bicyclic) bond motifs is 1. The average Bonchev–Trinajstić information content (AvgIpc) is 3.23. The molecule has 0 unspecified atom stereocenters. The van der Waals surface area contributed by atoms with Gasteiger partial charge in [-0.3, -0.25) is 0 Å². The van der Waals surface area contributed by atoms with Crippen LogP contribution in [0.25, 0.3) is 90.5 Å². The van der Waals surface area contributed by atoms with Crippen molar-refractivity contribution >= 4 is 10.8 Å². The van der Waals surface area contributed by atoms with Crippen LogP contribution < -0.4 is 0 Å². The molecular formula is C45H31N9. The zero-order valence-corrected chi connectivity index (χ0v) is 29.5. The lowest BCUT2D eigenvalue weighted by Crippen LogP contribution is -2.02. The number of hydrogen-bond donors (Lipinski definition) is 0. The largest absolute Gasteiger partial charge is 0.213 e. The van der Waals surface area contributed by atoms with Crippen LogP contribution in [-0.4, -0.2) is 44.9 Å². The standard InChI is InChI=1S/C45H31N9/c1-28-46-39(30-14-6-3-7-15-30)50-41(48-28)33-22-24-34(25-23-33)43-52-42(32-18-10-5-11-19-32)53-45(54-43)38-27-36(26-35-20-12-13-21-37(35)38)44-49-29(2)47-40(51-44)31-16-8-4-9-17-31/h3-27H,1-2H3. The molecule has 0 spiro atoms. The molecule has 0 saturated heterocycles. The van der Waals surface area contributed by atoms with E-state index in [9.17, 15) is 0 Å². The zero-order valence-electron chi connectivity index (χ0n) is 29.5. The van der Waals surface area contributed by atoms with Gasteiger partial charge in [0.15, 0.2) is 40.8 Å². The van der Waals surface area contributed by atoms with Crippen molar-refractivity contribution in [2.75, 3.05) is 0 Å². The molecule has 9 nitrogen and oxygen atoms in total. The van der Waals surface area contributed by atoms with Crippen molar-refractivity contribution in [2.45, 2.75) is 13.8 Å². The van der Waals surface area contributed by atoms with Crippen LogP contribution in [0.1, 0.15) is 11.6 Å². The summed E-state index contributed by atoms with van der Waals surface area (Å²) in [5.74, 6) is 5.35. The fourth-order valence-electron chi connectivity index (χ4n) is 6.39. The van der Waals surface area contributed by atoms with E-state index in [1.54, 1.807) is 0 Å². The Morgan fingerprint density at radius 3 is 1.06 bits per heavy atom. The highest BCUT2D eigenvalue weighted by Gasteiger charge is 2.18. The van der Waals surface area contributed by atoms with Crippen molar-refractivity contribution in [1.82, 2.24) is 44.9 Å². The molecule has 0 bridgehead atoms. The Morgan fingerprint density at radius 2 is 0.611 bits per heavy atom. The van der Waals surface area contributed by atoms with Crippen molar-refractivity contribution in [2.24, 2.45) is 0 Å². The number of aromatic nitrogens is 9. The van der Waals surface area contributed by atoms with E-state index in [1.165, 1.54) is 0 Å². The summed E-state index contributed by atoms with van der Waals surface area (Å²) in [4.78, 5) is 43.6. The molecule has 0 aliphatic carbocycles. The molecule has 0 fully saturated rings. The minimum Gasteiger partial charge on any atom is -0.213 e. The number of benzene rings is 6. The van der Waals surface area contributed by atoms with Gasteiger partial charge in [-0.25, -0.2) is 44.9 Å². The molecule has 0 aliphatic heterocycles. The lowest BCUT2D eigenvalue weighted by molar-refractivity contribution is 0.991. The van der Waals surface area contributed by atoms with E-state index in [4.69, 9.17) is 29.9 Å². The highest BCUT2D eigenvalue weighted by Crippen LogP contribution is 2.34. The summed E-state index contributed by atoms with van der Waals surface area (Å²) < 4.78 is 0. The molecule has 3 aromatic heterocycles. The molecule has 0 N–H and O–H groups in total. The van der Waals surface area contributed by atoms with Gasteiger partial charge in [0.1, 0.15) is 11.6 Å². The van der Waals surface area contributed by atoms with Gasteiger partial charge in [0.05, 0.1) is 0 Å². The summed E-state index contributed by atoms with van der Waals surface area (Å²) in [6.07, 6.45) is 0. The molecular weight excluding hydrogens is 667 g/mol. The van der Waals surface area contributed by atoms with E-state index in [1.807, 2.05) is 141 Å². The Labute approximate surface area is 311 Å². The Balaban J connectivity index is 1.17. The Hall–Kier alpha value is -7.39. The van der Waals surface area contributed by atoms with Gasteiger partial charge in [-0.1, -0.05) is 140 Å². The molecule has 0 amide bonds. The van der Waals surface area contributed by atoms with Crippen molar-refractivity contribution in [3.63, 3.8) is 0 Å². The Kier molecular flexibility index (Phi) is 8.41. The van der Waals surface area contributed by atoms with E-state index in [2.05, 4.69) is 39.2 Å². The molecule has 54 heavy (non-hydrogen) atoms. The zero-order chi connectivity index (χ0) is 36.4. The van der Waals surface area contributed by atoms with Crippen LogP contribution in [0.15, 0.2) is 152 Å². The van der Waals surface area contributed by atoms with Gasteiger partial charge in [-0.2, -0.15) is 0 Å². The van der Waals surface area contributed by atoms with Gasteiger partial charge < -0.3 is 0 Å². The summed E-state index contributed by atoms with van der Waals surface area (Å²) in [6, 6.07) is 50.2. The second kappa shape index (κ2) is 14.0. The highest BCUT2D eigenvalue weighted by atomic mass is 15.0. The number of hydrogen-bond acceptors (Lipinski definition) is 9. The van der Waals surface area contributed by atoms with Gasteiger partial charge in [-0.15, -0.1) is 0 Å². The minimum absolute atomic E-state index is 0.538. The molecule has 9 heteroatoms. The fraction of sp³-hybridized carbons (Fsp3) is 0.0444. The summed E-state index contributed by atoms with van der Waals surface area (Å²) in [5, 5.41) is 2.01. The smallest absolute Gasteiger partial charge is 0.164 e. The summed E-state index contributed by atoms with van der Waals surface area (Å²) in [7, 11) is 0. The third-order valence-electron chi connectivity index (χ3n) is 8.99. The monoisotopic (exact) mass is 697 g/mol. The minimum atomic E-state index is 0.538. The SMILES string of the molecule is Cc1nc(-c2ccccc2)nc(-c2ccc(-c3nc(-c4ccccc4)nc(-c4cc(-c5nc(C)nc(-c6ccccc6)n5)cc5ccccc45)n3)cc2)n1. The van der Waals surface area contributed by atoms with E-state index < -0.39 is 0 Å². The average molecular weight is 698 g/mol. The molecule has 0 atom stereocenters. The maximum Gasteiger partial charge on any atom is 0.164 e. The third kappa shape index (κ3) is 6.57. The first-order valence-corrected chi connectivity index (χ1v) is 17.6. The normalized spacial score (nSPS) is 11.1. The maximum atomic E-state index is 5.12. The summed E-state index contributed by atoms with van der Waals surface area (Å²) >= 11 is 0. The lowest BCUT2D eigenvalue weighted by atomic mass is 9.99. The summed E-state index contributed by atoms with van der Waals surface area (Å²) in [6.45, 7) is 3.77. The lowest BCUT2D eigenvalue weighted by Gasteiger charge is -2.13. The van der Waals surface area contributed by atoms with Crippen LogP contribution in [0.4, 0.5) is 0 Å². The molecule has 6 aromatic carbocycles. The van der Waals surface area contributed by atoms with Gasteiger partial charge in [0, 0.05) is 38.9 Å². The van der Waals surface area contributed by atoms with E-state index in [0.717, 1.165) is 49.7 Å². The quantitative estimate of drug-likeness (QED) is 0.160. The maximum absolute atomic E-state index is 5.12. The fourth-order valence-corrected chi connectivity index (χ4v) is 6.39. The number of aryl methyl sites for hydroxylation is 2. The van der Waals surface area contributed by atoms with E-state index in [0.29, 0.717) is 52.4 Å². The van der Waals surface area contributed by atoms with Crippen molar-refractivity contribution in [3.8, 4) is 79.7 Å². The summed E-state index contributed by atoms with van der Waals surface area (Å²) in [5.41, 5.74) is 6.11. The van der Waals surface area contributed by atoms with Gasteiger partial charge in [0.2, 0.25) is 0 Å². The third-order valence-corrected chi connectivity index (χ3v) is 8.99. The van der Waals surface area contributed by atoms with Gasteiger partial charge in [-0.05, 0) is 36.8 Å². The molecule has 0 radical (unpaired) electrons. The van der Waals surface area contributed by atoms with E-state index in [-0.39, 0.29) is 0 Å². The first kappa shape index (κ1) is 32.5. The Morgan fingerprint density at radius 1 is 0.278 bits per heavy atom. The van der Waals surface area contributed by atoms with Crippen LogP contribution in [0, 0.1) is 13.8 Å². The predicted molar refractivity (Wildman–Crippen MR) is 212 cm³/mol. The molecule has 9 rings (SSSR count). The van der Waals surface area contributed by atoms with Gasteiger partial charge in [0.25, 0.3) is 0 Å². The van der Waals surface area contributed by atoms with Crippen LogP contribution in [0.2, 0.25) is 0 Å². The van der Waals surface area contributed by atoms with Crippen LogP contribution in [-0.2, 0) is 0 Å². The van der Waals surface area contributed by atoms with Crippen molar-refractivity contribution in [1.29, 1.82) is 0 Å². The van der Waals surface area contributed by atoms with Crippen molar-refractivity contribution in [3.05, 3.63) is 163 Å². The van der Waals surface area contributed by atoms with Crippen LogP contribution in [0.5, 0.6) is 0 Å². The van der Waals surface area contributed by atoms with Crippen molar-refractivity contribution < 1.29 is 0 Å². The van der Waals surface area contributed by atoms with Crippen LogP contribution in [0.3, 0.4) is 0 Å². The first-order chi connectivity index (χ1) is 26.5. The molecule has 0 aliphatic rings. The Bertz CT molecular complexity index is 2770. The number of rotatable bonds is 7. The second-order valence-electron chi connectivity index (χ2n) is 12.8. The molecule has 3 heterocycles.